The van der Waals surface area contributed by atoms with Crippen molar-refractivity contribution in [3.05, 3.63) is 53.7 Å². The molecule has 0 amide bonds. The minimum Gasteiger partial charge on any atom is -0.445 e. The maximum atomic E-state index is 11.3. The Morgan fingerprint density at radius 3 is 2.85 bits per heavy atom. The van der Waals surface area contributed by atoms with Crippen LogP contribution in [0.1, 0.15) is 22.8 Å². The lowest BCUT2D eigenvalue weighted by molar-refractivity contribution is 0.101. The number of aromatic nitrogens is 2. The van der Waals surface area contributed by atoms with E-state index in [1.165, 1.54) is 13.1 Å². The lowest BCUT2D eigenvalue weighted by Gasteiger charge is -2.00. The number of oxazole rings is 1. The number of pyridine rings is 1. The first-order chi connectivity index (χ1) is 9.72. The van der Waals surface area contributed by atoms with Gasteiger partial charge in [-0.2, -0.15) is 4.98 Å². The van der Waals surface area contributed by atoms with Gasteiger partial charge < -0.3 is 9.15 Å². The van der Waals surface area contributed by atoms with E-state index in [1.54, 1.807) is 6.07 Å². The van der Waals surface area contributed by atoms with Crippen LogP contribution in [0.3, 0.4) is 0 Å². The Labute approximate surface area is 115 Å². The van der Waals surface area contributed by atoms with E-state index < -0.39 is 0 Å². The van der Waals surface area contributed by atoms with E-state index in [9.17, 15) is 4.79 Å². The zero-order valence-corrected chi connectivity index (χ0v) is 10.9. The van der Waals surface area contributed by atoms with Crippen LogP contribution in [-0.2, 0) is 6.61 Å². The average molecular weight is 268 g/mol. The molecule has 0 N–H and O–H groups in total. The second-order valence-corrected chi connectivity index (χ2v) is 4.36. The Balaban J connectivity index is 1.80. The van der Waals surface area contributed by atoms with Crippen LogP contribution in [0.5, 0.6) is 6.08 Å². The number of benzene rings is 1. The van der Waals surface area contributed by atoms with Gasteiger partial charge in [0.15, 0.2) is 11.4 Å². The molecule has 2 aromatic heterocycles. The topological polar surface area (TPSA) is 65.2 Å². The fourth-order valence-electron chi connectivity index (χ4n) is 1.77. The van der Waals surface area contributed by atoms with E-state index in [-0.39, 0.29) is 11.9 Å². The number of rotatable bonds is 4. The summed E-state index contributed by atoms with van der Waals surface area (Å²) < 4.78 is 10.9. The first-order valence-electron chi connectivity index (χ1n) is 6.16. The van der Waals surface area contributed by atoms with Crippen molar-refractivity contribution >= 4 is 17.0 Å². The number of carbonyl (C=O) groups is 1. The van der Waals surface area contributed by atoms with Crippen molar-refractivity contribution in [1.82, 2.24) is 9.97 Å². The van der Waals surface area contributed by atoms with Crippen LogP contribution < -0.4 is 4.74 Å². The zero-order chi connectivity index (χ0) is 13.9. The molecule has 0 radical (unpaired) electrons. The van der Waals surface area contributed by atoms with Gasteiger partial charge >= 0.3 is 6.08 Å². The van der Waals surface area contributed by atoms with Gasteiger partial charge in [0.25, 0.3) is 0 Å². The predicted molar refractivity (Wildman–Crippen MR) is 72.6 cm³/mol. The van der Waals surface area contributed by atoms with Gasteiger partial charge in [-0.25, -0.2) is 4.98 Å². The van der Waals surface area contributed by atoms with Crippen LogP contribution in [0.15, 0.2) is 47.0 Å². The number of hydrogen-bond acceptors (Lipinski definition) is 5. The number of fused-ring (bicyclic) bond motifs is 1. The molecule has 0 aliphatic rings. The first kappa shape index (κ1) is 12.3. The molecule has 0 saturated heterocycles. The SMILES string of the molecule is CC(=O)c1cnc2nc(OCc3ccccc3)oc2c1. The second kappa shape index (κ2) is 5.13. The summed E-state index contributed by atoms with van der Waals surface area (Å²) in [5, 5.41) is 0. The Morgan fingerprint density at radius 1 is 1.30 bits per heavy atom. The summed E-state index contributed by atoms with van der Waals surface area (Å²) in [7, 11) is 0. The van der Waals surface area contributed by atoms with E-state index >= 15 is 0 Å². The number of nitrogens with zero attached hydrogens (tertiary/aromatic N) is 2. The largest absolute Gasteiger partial charge is 0.445 e. The maximum Gasteiger partial charge on any atom is 0.396 e. The molecule has 0 saturated carbocycles. The van der Waals surface area contributed by atoms with Crippen molar-refractivity contribution in [2.75, 3.05) is 0 Å². The van der Waals surface area contributed by atoms with E-state index in [4.69, 9.17) is 9.15 Å². The molecule has 0 bridgehead atoms. The van der Waals surface area contributed by atoms with Crippen LogP contribution >= 0.6 is 0 Å². The third-order valence-electron chi connectivity index (χ3n) is 2.84. The van der Waals surface area contributed by atoms with Gasteiger partial charge in [-0.3, -0.25) is 4.79 Å². The van der Waals surface area contributed by atoms with Gasteiger partial charge in [-0.15, -0.1) is 0 Å². The van der Waals surface area contributed by atoms with Crippen molar-refractivity contribution in [2.24, 2.45) is 0 Å². The first-order valence-corrected chi connectivity index (χ1v) is 6.16. The van der Waals surface area contributed by atoms with Crippen molar-refractivity contribution < 1.29 is 13.9 Å². The summed E-state index contributed by atoms with van der Waals surface area (Å²) >= 11 is 0. The highest BCUT2D eigenvalue weighted by Gasteiger charge is 2.10. The number of Topliss-reactive ketones (excluding diaryl/α,β-unsaturated/α-hetero) is 1. The molecule has 0 atom stereocenters. The quantitative estimate of drug-likeness (QED) is 0.680. The normalized spacial score (nSPS) is 10.7. The smallest absolute Gasteiger partial charge is 0.396 e. The lowest BCUT2D eigenvalue weighted by atomic mass is 10.2. The van der Waals surface area contributed by atoms with E-state index in [2.05, 4.69) is 9.97 Å². The highest BCUT2D eigenvalue weighted by Crippen LogP contribution is 2.20. The molecule has 0 spiro atoms. The summed E-state index contributed by atoms with van der Waals surface area (Å²) in [6, 6.07) is 11.3. The van der Waals surface area contributed by atoms with Gasteiger partial charge in [0, 0.05) is 11.8 Å². The monoisotopic (exact) mass is 268 g/mol. The third kappa shape index (κ3) is 2.51. The minimum atomic E-state index is -0.0671. The fourth-order valence-corrected chi connectivity index (χ4v) is 1.77. The highest BCUT2D eigenvalue weighted by molar-refractivity contribution is 5.95. The van der Waals surface area contributed by atoms with Crippen LogP contribution in [-0.4, -0.2) is 15.8 Å². The molecule has 0 unspecified atom stereocenters. The van der Waals surface area contributed by atoms with Gasteiger partial charge in [-0.05, 0) is 18.6 Å². The molecule has 5 nitrogen and oxygen atoms in total. The Bertz CT molecular complexity index is 750. The predicted octanol–water partition coefficient (Wildman–Crippen LogP) is 3.00. The molecule has 20 heavy (non-hydrogen) atoms. The molecule has 2 heterocycles. The van der Waals surface area contributed by atoms with Crippen LogP contribution in [0, 0.1) is 0 Å². The van der Waals surface area contributed by atoms with Gasteiger partial charge in [-0.1, -0.05) is 30.3 Å². The highest BCUT2D eigenvalue weighted by atomic mass is 16.6. The summed E-state index contributed by atoms with van der Waals surface area (Å²) in [5.41, 5.74) is 2.38. The number of carbonyl (C=O) groups excluding carboxylic acids is 1. The standard InChI is InChI=1S/C15H12N2O3/c1-10(18)12-7-13-14(16-8-12)17-15(20-13)19-9-11-5-3-2-4-6-11/h2-8H,9H2,1H3. The van der Waals surface area contributed by atoms with E-state index in [0.29, 0.717) is 23.4 Å². The summed E-state index contributed by atoms with van der Waals surface area (Å²) in [4.78, 5) is 19.5. The zero-order valence-electron chi connectivity index (χ0n) is 10.9. The van der Waals surface area contributed by atoms with Crippen molar-refractivity contribution in [3.8, 4) is 6.08 Å². The molecule has 3 aromatic rings. The Hall–Kier alpha value is -2.69. The molecule has 5 heteroatoms. The summed E-state index contributed by atoms with van der Waals surface area (Å²) in [5.74, 6) is -0.0671. The van der Waals surface area contributed by atoms with Crippen LogP contribution in [0.2, 0.25) is 0 Å². The molecular weight excluding hydrogens is 256 g/mol. The van der Waals surface area contributed by atoms with E-state index in [1.807, 2.05) is 30.3 Å². The van der Waals surface area contributed by atoms with Gasteiger partial charge in [0.05, 0.1) is 0 Å². The number of ether oxygens (including phenoxy) is 1. The van der Waals surface area contributed by atoms with Gasteiger partial charge in [0.1, 0.15) is 6.61 Å². The molecule has 0 aliphatic carbocycles. The van der Waals surface area contributed by atoms with Crippen LogP contribution in [0.4, 0.5) is 0 Å². The molecule has 0 fully saturated rings. The van der Waals surface area contributed by atoms with Crippen molar-refractivity contribution in [2.45, 2.75) is 13.5 Å². The Kier molecular flexibility index (Phi) is 3.16. The number of ketones is 1. The fraction of sp³-hybridized carbons (Fsp3) is 0.133. The third-order valence-corrected chi connectivity index (χ3v) is 2.84. The van der Waals surface area contributed by atoms with E-state index in [0.717, 1.165) is 5.56 Å². The second-order valence-electron chi connectivity index (χ2n) is 4.36. The lowest BCUT2D eigenvalue weighted by Crippen LogP contribution is -1.94. The molecule has 1 aromatic carbocycles. The number of hydrogen-bond donors (Lipinski definition) is 0. The summed E-state index contributed by atoms with van der Waals surface area (Å²) in [6.07, 6.45) is 1.63. The maximum absolute atomic E-state index is 11.3. The van der Waals surface area contributed by atoms with Gasteiger partial charge in [0.2, 0.25) is 5.65 Å². The molecular formula is C15H12N2O3. The van der Waals surface area contributed by atoms with Crippen LogP contribution in [0.25, 0.3) is 11.2 Å². The van der Waals surface area contributed by atoms with Crippen molar-refractivity contribution in [1.29, 1.82) is 0 Å². The molecule has 100 valence electrons. The van der Waals surface area contributed by atoms with Crippen molar-refractivity contribution in [3.63, 3.8) is 0 Å². The molecule has 3 rings (SSSR count). The minimum absolute atomic E-state index is 0.0671. The molecule has 0 aliphatic heterocycles. The summed E-state index contributed by atoms with van der Waals surface area (Å²) in [6.45, 7) is 1.85. The Morgan fingerprint density at radius 2 is 2.10 bits per heavy atom. The average Bonchev–Trinajstić information content (AvgIpc) is 2.88.